The van der Waals surface area contributed by atoms with Crippen LogP contribution in [0.4, 0.5) is 11.8 Å². The summed E-state index contributed by atoms with van der Waals surface area (Å²) in [6, 6.07) is 10.1. The lowest BCUT2D eigenvalue weighted by Crippen LogP contribution is -2.41. The molecule has 3 heterocycles. The first-order chi connectivity index (χ1) is 14.4. The van der Waals surface area contributed by atoms with Crippen molar-refractivity contribution in [3.05, 3.63) is 55.0 Å². The quantitative estimate of drug-likeness (QED) is 0.631. The van der Waals surface area contributed by atoms with Crippen molar-refractivity contribution >= 4 is 21.8 Å². The van der Waals surface area contributed by atoms with Crippen LogP contribution in [-0.2, 0) is 10.0 Å². The van der Waals surface area contributed by atoms with Crippen molar-refractivity contribution in [2.45, 2.75) is 23.8 Å². The summed E-state index contributed by atoms with van der Waals surface area (Å²) >= 11 is 0. The van der Waals surface area contributed by atoms with Gasteiger partial charge >= 0.3 is 0 Å². The van der Waals surface area contributed by atoms with E-state index < -0.39 is 10.0 Å². The van der Waals surface area contributed by atoms with Crippen molar-refractivity contribution in [1.29, 1.82) is 0 Å². The fraction of sp³-hybridized carbons (Fsp3) is 0.250. The molecule has 1 aromatic carbocycles. The van der Waals surface area contributed by atoms with Crippen LogP contribution in [0.1, 0.15) is 12.8 Å². The number of benzene rings is 1. The van der Waals surface area contributed by atoms with Crippen molar-refractivity contribution < 1.29 is 13.2 Å². The van der Waals surface area contributed by atoms with E-state index in [0.29, 0.717) is 31.5 Å². The molecule has 0 atom stereocenters. The van der Waals surface area contributed by atoms with Crippen LogP contribution in [-0.4, -0.2) is 46.9 Å². The van der Waals surface area contributed by atoms with Gasteiger partial charge in [-0.05, 0) is 42.7 Å². The number of nitrogens with zero attached hydrogens (tertiary/aromatic N) is 4. The summed E-state index contributed by atoms with van der Waals surface area (Å²) in [6.45, 7) is 0.803. The Morgan fingerprint density at radius 1 is 1.00 bits per heavy atom. The Morgan fingerprint density at radius 3 is 2.30 bits per heavy atom. The zero-order valence-corrected chi connectivity index (χ0v) is 17.0. The monoisotopic (exact) mass is 426 g/mol. The van der Waals surface area contributed by atoms with E-state index in [9.17, 15) is 8.42 Å². The second-order valence-electron chi connectivity index (χ2n) is 6.96. The smallest absolute Gasteiger partial charge is 0.243 e. The maximum atomic E-state index is 13.0. The molecule has 1 aliphatic heterocycles. The number of piperidine rings is 1. The van der Waals surface area contributed by atoms with Gasteiger partial charge in [0.1, 0.15) is 17.7 Å². The van der Waals surface area contributed by atoms with Crippen molar-refractivity contribution in [3.63, 3.8) is 0 Å². The number of aromatic nitrogens is 3. The van der Waals surface area contributed by atoms with Gasteiger partial charge in [0, 0.05) is 37.2 Å². The number of nitrogens with two attached hydrogens (primary N) is 2. The molecule has 30 heavy (non-hydrogen) atoms. The number of nitrogen functional groups attached to an aromatic ring is 2. The highest BCUT2D eigenvalue weighted by atomic mass is 32.2. The van der Waals surface area contributed by atoms with Crippen LogP contribution in [0.25, 0.3) is 11.1 Å². The molecule has 0 amide bonds. The Hall–Kier alpha value is -3.24. The minimum absolute atomic E-state index is 0.0188. The van der Waals surface area contributed by atoms with E-state index in [1.54, 1.807) is 48.8 Å². The lowest BCUT2D eigenvalue weighted by atomic mass is 10.1. The average molecular weight is 427 g/mol. The molecule has 0 spiro atoms. The Kier molecular flexibility index (Phi) is 5.51. The first-order valence-electron chi connectivity index (χ1n) is 9.49. The van der Waals surface area contributed by atoms with Gasteiger partial charge in [0.15, 0.2) is 0 Å². The molecule has 1 aliphatic rings. The SMILES string of the molecule is Nc1ncc(-c2ccc(S(=O)(=O)N3CCC(Oc4ccncc4)CC3)cc2)c(N)n1. The molecule has 10 heteroatoms. The summed E-state index contributed by atoms with van der Waals surface area (Å²) in [6.07, 6.45) is 6.09. The Morgan fingerprint density at radius 2 is 1.67 bits per heavy atom. The Labute approximate surface area is 174 Å². The topological polar surface area (TPSA) is 137 Å². The summed E-state index contributed by atoms with van der Waals surface area (Å²) in [5, 5.41) is 0. The predicted molar refractivity (Wildman–Crippen MR) is 113 cm³/mol. The second-order valence-corrected chi connectivity index (χ2v) is 8.89. The fourth-order valence-corrected chi connectivity index (χ4v) is 4.86. The highest BCUT2D eigenvalue weighted by Gasteiger charge is 2.30. The molecule has 1 fully saturated rings. The third kappa shape index (κ3) is 4.19. The van der Waals surface area contributed by atoms with Gasteiger partial charge in [-0.15, -0.1) is 0 Å². The number of hydrogen-bond acceptors (Lipinski definition) is 8. The predicted octanol–water partition coefficient (Wildman–Crippen LogP) is 1.94. The van der Waals surface area contributed by atoms with Gasteiger partial charge in [0.2, 0.25) is 16.0 Å². The largest absolute Gasteiger partial charge is 0.490 e. The molecule has 4 N–H and O–H groups in total. The molecule has 0 bridgehead atoms. The summed E-state index contributed by atoms with van der Waals surface area (Å²) < 4.78 is 33.5. The van der Waals surface area contributed by atoms with Crippen molar-refractivity contribution in [1.82, 2.24) is 19.3 Å². The van der Waals surface area contributed by atoms with Crippen LogP contribution >= 0.6 is 0 Å². The molecular weight excluding hydrogens is 404 g/mol. The van der Waals surface area contributed by atoms with E-state index in [4.69, 9.17) is 16.2 Å². The van der Waals surface area contributed by atoms with Gasteiger partial charge in [-0.1, -0.05) is 12.1 Å². The highest BCUT2D eigenvalue weighted by Crippen LogP contribution is 2.28. The molecule has 3 aromatic rings. The van der Waals surface area contributed by atoms with Gasteiger partial charge in [0.25, 0.3) is 0 Å². The first kappa shape index (κ1) is 20.0. The van der Waals surface area contributed by atoms with Crippen LogP contribution < -0.4 is 16.2 Å². The second kappa shape index (κ2) is 8.25. The van der Waals surface area contributed by atoms with Crippen molar-refractivity contribution in [2.24, 2.45) is 0 Å². The molecule has 0 unspecified atom stereocenters. The number of ether oxygens (including phenoxy) is 1. The molecule has 1 saturated heterocycles. The standard InChI is InChI=1S/C20H22N6O3S/c21-19-18(13-24-20(22)25-19)14-1-3-17(4-2-14)30(27,28)26-11-7-16(8-12-26)29-15-5-9-23-10-6-15/h1-6,9-10,13,16H,7-8,11-12H2,(H4,21,22,24,25). The third-order valence-corrected chi connectivity index (χ3v) is 6.91. The van der Waals surface area contributed by atoms with Crippen LogP contribution in [0.2, 0.25) is 0 Å². The van der Waals surface area contributed by atoms with Crippen molar-refractivity contribution in [3.8, 4) is 16.9 Å². The molecule has 4 rings (SSSR count). The lowest BCUT2D eigenvalue weighted by Gasteiger charge is -2.31. The van der Waals surface area contributed by atoms with E-state index >= 15 is 0 Å². The molecule has 0 saturated carbocycles. The molecular formula is C20H22N6O3S. The van der Waals surface area contributed by atoms with E-state index in [1.165, 1.54) is 10.5 Å². The van der Waals surface area contributed by atoms with E-state index in [0.717, 1.165) is 11.3 Å². The number of sulfonamides is 1. The van der Waals surface area contributed by atoms with Crippen LogP contribution in [0.15, 0.2) is 59.9 Å². The maximum Gasteiger partial charge on any atom is 0.243 e. The summed E-state index contributed by atoms with van der Waals surface area (Å²) in [4.78, 5) is 12.1. The Balaban J connectivity index is 1.44. The molecule has 0 aliphatic carbocycles. The van der Waals surface area contributed by atoms with Crippen LogP contribution in [0.3, 0.4) is 0 Å². The normalized spacial score (nSPS) is 15.7. The zero-order valence-electron chi connectivity index (χ0n) is 16.2. The summed E-state index contributed by atoms with van der Waals surface area (Å²) in [5.41, 5.74) is 12.7. The van der Waals surface area contributed by atoms with E-state index in [-0.39, 0.29) is 22.8 Å². The molecule has 2 aromatic heterocycles. The van der Waals surface area contributed by atoms with Gasteiger partial charge in [-0.25, -0.2) is 13.4 Å². The summed E-state index contributed by atoms with van der Waals surface area (Å²) in [5.74, 6) is 1.08. The van der Waals surface area contributed by atoms with Gasteiger partial charge in [0.05, 0.1) is 4.90 Å². The summed E-state index contributed by atoms with van der Waals surface area (Å²) in [7, 11) is -3.59. The average Bonchev–Trinajstić information content (AvgIpc) is 2.75. The van der Waals surface area contributed by atoms with Gasteiger partial charge in [-0.2, -0.15) is 9.29 Å². The number of pyridine rings is 1. The Bertz CT molecular complexity index is 1120. The van der Waals surface area contributed by atoms with E-state index in [1.807, 2.05) is 0 Å². The third-order valence-electron chi connectivity index (χ3n) is 4.99. The van der Waals surface area contributed by atoms with Crippen molar-refractivity contribution in [2.75, 3.05) is 24.6 Å². The maximum absolute atomic E-state index is 13.0. The highest BCUT2D eigenvalue weighted by molar-refractivity contribution is 7.89. The van der Waals surface area contributed by atoms with E-state index in [2.05, 4.69) is 15.0 Å². The molecule has 156 valence electrons. The van der Waals surface area contributed by atoms with Gasteiger partial charge < -0.3 is 16.2 Å². The number of anilines is 2. The minimum Gasteiger partial charge on any atom is -0.490 e. The zero-order chi connectivity index (χ0) is 21.1. The fourth-order valence-electron chi connectivity index (χ4n) is 3.39. The van der Waals surface area contributed by atoms with Crippen LogP contribution in [0, 0.1) is 0 Å². The number of rotatable bonds is 5. The molecule has 0 radical (unpaired) electrons. The van der Waals surface area contributed by atoms with Crippen LogP contribution in [0.5, 0.6) is 5.75 Å². The van der Waals surface area contributed by atoms with Gasteiger partial charge in [-0.3, -0.25) is 4.98 Å². The minimum atomic E-state index is -3.59. The molecule has 9 nitrogen and oxygen atoms in total. The first-order valence-corrected chi connectivity index (χ1v) is 10.9. The number of hydrogen-bond donors (Lipinski definition) is 2. The lowest BCUT2D eigenvalue weighted by molar-refractivity contribution is 0.135.